The number of likely N-dealkylation sites (tertiary alicyclic amines) is 1. The summed E-state index contributed by atoms with van der Waals surface area (Å²) in [4.78, 5) is 28.7. The average Bonchev–Trinajstić information content (AvgIpc) is 3.67. The van der Waals surface area contributed by atoms with Crippen molar-refractivity contribution in [1.82, 2.24) is 24.7 Å². The summed E-state index contributed by atoms with van der Waals surface area (Å²) in [6, 6.07) is 8.43. The molecule has 1 unspecified atom stereocenters. The molecule has 41 heavy (non-hydrogen) atoms. The van der Waals surface area contributed by atoms with Crippen molar-refractivity contribution in [3.05, 3.63) is 80.8 Å². The predicted molar refractivity (Wildman–Crippen MR) is 155 cm³/mol. The van der Waals surface area contributed by atoms with Crippen LogP contribution in [0.3, 0.4) is 0 Å². The molecule has 0 bridgehead atoms. The Hall–Kier alpha value is -3.25. The van der Waals surface area contributed by atoms with Crippen LogP contribution in [0.1, 0.15) is 43.9 Å². The standard InChI is InChI=1S/C30H33F3N6OS/c1-37(2)24-4-7-38(16-24)14-19-10-22(30(31,32)33)12-23(11-19)36-29(40)26-18-41-27-17-39(8-5-25(26)27)15-20-9-21-3-6-34-28(21)35-13-20/h3,6,9-13,18,24H,4-5,7-8,14-17H2,1-2H3,(H,34,35)(H,36,40). The number of H-pyrrole nitrogens is 1. The number of carbonyl (C=O) groups is 1. The van der Waals surface area contributed by atoms with Gasteiger partial charge in [0.2, 0.25) is 0 Å². The van der Waals surface area contributed by atoms with Crippen LogP contribution in [-0.2, 0) is 32.2 Å². The number of halogens is 3. The molecule has 0 saturated carbocycles. The van der Waals surface area contributed by atoms with E-state index in [2.05, 4.69) is 36.1 Å². The molecule has 1 atom stereocenters. The fourth-order valence-corrected chi connectivity index (χ4v) is 7.01. The molecule has 3 aromatic heterocycles. The third-order valence-corrected chi connectivity index (χ3v) is 9.11. The number of likely N-dealkylation sites (N-methyl/N-ethyl adjacent to an activating group) is 1. The van der Waals surface area contributed by atoms with Gasteiger partial charge < -0.3 is 15.2 Å². The number of anilines is 1. The van der Waals surface area contributed by atoms with Gasteiger partial charge in [-0.05, 0) is 74.0 Å². The molecule has 1 amide bonds. The SMILES string of the molecule is CN(C)C1CCN(Cc2cc(NC(=O)c3csc4c3CCN(Cc3cnc5[nH]ccc5c3)C4)cc(C(F)(F)F)c2)C1. The van der Waals surface area contributed by atoms with Gasteiger partial charge in [-0.3, -0.25) is 14.6 Å². The highest BCUT2D eigenvalue weighted by Gasteiger charge is 2.32. The van der Waals surface area contributed by atoms with E-state index in [0.29, 0.717) is 30.1 Å². The normalized spacial score (nSPS) is 18.3. The molecular formula is C30H33F3N6OS. The van der Waals surface area contributed by atoms with Gasteiger partial charge in [0.05, 0.1) is 11.1 Å². The number of amides is 1. The van der Waals surface area contributed by atoms with E-state index in [1.165, 1.54) is 17.4 Å². The number of pyridine rings is 1. The molecule has 7 nitrogen and oxygen atoms in total. The molecule has 0 radical (unpaired) electrons. The van der Waals surface area contributed by atoms with Gasteiger partial charge in [-0.15, -0.1) is 11.3 Å². The predicted octanol–water partition coefficient (Wildman–Crippen LogP) is 5.59. The Morgan fingerprint density at radius 1 is 1.15 bits per heavy atom. The highest BCUT2D eigenvalue weighted by molar-refractivity contribution is 7.10. The maximum atomic E-state index is 13.8. The quantitative estimate of drug-likeness (QED) is 0.298. The molecule has 4 aromatic rings. The topological polar surface area (TPSA) is 67.5 Å². The zero-order valence-corrected chi connectivity index (χ0v) is 23.9. The first kappa shape index (κ1) is 27.9. The molecule has 5 heterocycles. The molecule has 0 aliphatic carbocycles. The van der Waals surface area contributed by atoms with E-state index in [0.717, 1.165) is 72.2 Å². The molecule has 1 saturated heterocycles. The summed E-state index contributed by atoms with van der Waals surface area (Å²) in [5.41, 5.74) is 3.50. The highest BCUT2D eigenvalue weighted by atomic mass is 32.1. The van der Waals surface area contributed by atoms with Crippen molar-refractivity contribution >= 4 is 34.0 Å². The van der Waals surface area contributed by atoms with Crippen molar-refractivity contribution < 1.29 is 18.0 Å². The summed E-state index contributed by atoms with van der Waals surface area (Å²) < 4.78 is 41.3. The van der Waals surface area contributed by atoms with Crippen molar-refractivity contribution in [3.63, 3.8) is 0 Å². The van der Waals surface area contributed by atoms with Gasteiger partial charge in [-0.2, -0.15) is 13.2 Å². The van der Waals surface area contributed by atoms with Gasteiger partial charge in [0.1, 0.15) is 5.65 Å². The largest absolute Gasteiger partial charge is 0.416 e. The fourth-order valence-electron chi connectivity index (χ4n) is 5.89. The van der Waals surface area contributed by atoms with Crippen molar-refractivity contribution in [2.24, 2.45) is 0 Å². The molecule has 11 heteroatoms. The van der Waals surface area contributed by atoms with E-state index in [-0.39, 0.29) is 11.6 Å². The number of carbonyl (C=O) groups excluding carboxylic acids is 1. The lowest BCUT2D eigenvalue weighted by atomic mass is 10.0. The van der Waals surface area contributed by atoms with Crippen molar-refractivity contribution in [1.29, 1.82) is 0 Å². The van der Waals surface area contributed by atoms with Crippen molar-refractivity contribution in [2.75, 3.05) is 39.0 Å². The number of aromatic amines is 1. The molecule has 216 valence electrons. The molecule has 2 aliphatic heterocycles. The highest BCUT2D eigenvalue weighted by Crippen LogP contribution is 2.34. The molecule has 2 aliphatic rings. The van der Waals surface area contributed by atoms with E-state index in [4.69, 9.17) is 0 Å². The van der Waals surface area contributed by atoms with Crippen LogP contribution < -0.4 is 5.32 Å². The summed E-state index contributed by atoms with van der Waals surface area (Å²) in [5.74, 6) is -0.364. The second kappa shape index (κ2) is 11.2. The number of nitrogens with one attached hydrogen (secondary N) is 2. The zero-order valence-electron chi connectivity index (χ0n) is 23.1. The van der Waals surface area contributed by atoms with Crippen molar-refractivity contribution in [3.8, 4) is 0 Å². The minimum atomic E-state index is -4.50. The van der Waals surface area contributed by atoms with Gasteiger partial charge in [0.25, 0.3) is 5.91 Å². The lowest BCUT2D eigenvalue weighted by molar-refractivity contribution is -0.137. The first-order valence-electron chi connectivity index (χ1n) is 13.8. The molecule has 1 aromatic carbocycles. The Morgan fingerprint density at radius 2 is 1.98 bits per heavy atom. The van der Waals surface area contributed by atoms with Crippen LogP contribution >= 0.6 is 11.3 Å². The maximum Gasteiger partial charge on any atom is 0.416 e. The number of alkyl halides is 3. The van der Waals surface area contributed by atoms with E-state index >= 15 is 0 Å². The van der Waals surface area contributed by atoms with Crippen molar-refractivity contribution in [2.45, 2.75) is 44.7 Å². The van der Waals surface area contributed by atoms with Crippen LogP contribution in [0.5, 0.6) is 0 Å². The van der Waals surface area contributed by atoms with Crippen LogP contribution in [0.4, 0.5) is 18.9 Å². The van der Waals surface area contributed by atoms with Gasteiger partial charge >= 0.3 is 6.18 Å². The Balaban J connectivity index is 1.15. The number of fused-ring (bicyclic) bond motifs is 2. The maximum absolute atomic E-state index is 13.8. The Labute approximate surface area is 241 Å². The van der Waals surface area contributed by atoms with E-state index < -0.39 is 11.7 Å². The summed E-state index contributed by atoms with van der Waals surface area (Å²) in [6.45, 7) is 4.30. The lowest BCUT2D eigenvalue weighted by Crippen LogP contribution is -2.31. The van der Waals surface area contributed by atoms with E-state index in [1.54, 1.807) is 6.07 Å². The number of hydrogen-bond donors (Lipinski definition) is 2. The average molecular weight is 583 g/mol. The van der Waals surface area contributed by atoms with Crippen LogP contribution in [0.25, 0.3) is 11.0 Å². The zero-order chi connectivity index (χ0) is 28.7. The third-order valence-electron chi connectivity index (χ3n) is 8.10. The lowest BCUT2D eigenvalue weighted by Gasteiger charge is -2.27. The monoisotopic (exact) mass is 582 g/mol. The Kier molecular flexibility index (Phi) is 7.62. The number of nitrogens with zero attached hydrogens (tertiary/aromatic N) is 4. The number of benzene rings is 1. The minimum absolute atomic E-state index is 0.174. The van der Waals surface area contributed by atoms with Crippen LogP contribution in [0.2, 0.25) is 0 Å². The van der Waals surface area contributed by atoms with Gasteiger partial charge in [0.15, 0.2) is 0 Å². The first-order chi connectivity index (χ1) is 19.6. The number of aromatic nitrogens is 2. The third kappa shape index (κ3) is 6.18. The summed E-state index contributed by atoms with van der Waals surface area (Å²) in [6.07, 6.45) is 0.946. The molecule has 1 fully saturated rings. The minimum Gasteiger partial charge on any atom is -0.346 e. The van der Waals surface area contributed by atoms with E-state index in [1.807, 2.05) is 37.9 Å². The molecule has 2 N–H and O–H groups in total. The van der Waals surface area contributed by atoms with Crippen LogP contribution in [-0.4, -0.2) is 70.3 Å². The summed E-state index contributed by atoms with van der Waals surface area (Å²) in [7, 11) is 4.04. The van der Waals surface area contributed by atoms with Gasteiger partial charge in [-0.25, -0.2) is 4.98 Å². The Morgan fingerprint density at radius 3 is 2.76 bits per heavy atom. The summed E-state index contributed by atoms with van der Waals surface area (Å²) >= 11 is 1.53. The first-order valence-corrected chi connectivity index (χ1v) is 14.7. The van der Waals surface area contributed by atoms with Gasteiger partial charge in [0, 0.05) is 79.0 Å². The fraction of sp³-hybridized carbons (Fsp3) is 0.400. The number of thiophene rings is 1. The Bertz CT molecular complexity index is 1560. The second-order valence-electron chi connectivity index (χ2n) is 11.3. The summed E-state index contributed by atoms with van der Waals surface area (Å²) in [5, 5.41) is 5.69. The number of rotatable bonds is 7. The molecule has 0 spiro atoms. The number of hydrogen-bond acceptors (Lipinski definition) is 6. The van der Waals surface area contributed by atoms with Crippen LogP contribution in [0, 0.1) is 0 Å². The van der Waals surface area contributed by atoms with Gasteiger partial charge in [-0.1, -0.05) is 0 Å². The second-order valence-corrected chi connectivity index (χ2v) is 12.2. The van der Waals surface area contributed by atoms with E-state index in [9.17, 15) is 18.0 Å². The molecular weight excluding hydrogens is 549 g/mol. The van der Waals surface area contributed by atoms with Crippen LogP contribution in [0.15, 0.2) is 48.1 Å². The molecule has 6 rings (SSSR count). The smallest absolute Gasteiger partial charge is 0.346 e.